The molecule has 3 heteroatoms. The van der Waals surface area contributed by atoms with E-state index in [1.807, 2.05) is 72.8 Å². The molecule has 0 atom stereocenters. The molecule has 0 aliphatic rings. The number of halogens is 1. The van der Waals surface area contributed by atoms with E-state index in [-0.39, 0.29) is 12.4 Å². The van der Waals surface area contributed by atoms with Crippen molar-refractivity contribution >= 4 is 0 Å². The van der Waals surface area contributed by atoms with E-state index in [0.717, 1.165) is 16.7 Å². The lowest BCUT2D eigenvalue weighted by Crippen LogP contribution is -3.00. The third-order valence-corrected chi connectivity index (χ3v) is 3.69. The summed E-state index contributed by atoms with van der Waals surface area (Å²) in [6.07, 6.45) is 4.04. The summed E-state index contributed by atoms with van der Waals surface area (Å²) in [6, 6.07) is 23.4. The molecule has 0 unspecified atom stereocenters. The van der Waals surface area contributed by atoms with Crippen LogP contribution in [0.25, 0.3) is 0 Å². The van der Waals surface area contributed by atoms with Crippen LogP contribution in [0.2, 0.25) is 0 Å². The molecule has 0 amide bonds. The molecule has 0 radical (unpaired) electrons. The molecule has 2 aromatic carbocycles. The highest BCUT2D eigenvalue weighted by Gasteiger charge is 2.31. The summed E-state index contributed by atoms with van der Waals surface area (Å²) >= 11 is 0. The molecule has 1 heterocycles. The van der Waals surface area contributed by atoms with Crippen LogP contribution in [0.3, 0.4) is 0 Å². The molecule has 2 nitrogen and oxygen atoms in total. The predicted molar refractivity (Wildman–Crippen MR) is 83.8 cm³/mol. The Bertz CT molecular complexity index is 647. The summed E-state index contributed by atoms with van der Waals surface area (Å²) in [4.78, 5) is 4.15. The fraction of sp³-hybridized carbons (Fsp3) is 0.105. The number of aromatic nitrogens is 1. The summed E-state index contributed by atoms with van der Waals surface area (Å²) in [6.45, 7) is 0. The van der Waals surface area contributed by atoms with Crippen LogP contribution >= 0.6 is 0 Å². The number of nitrogens with zero attached hydrogens (tertiary/aromatic N) is 1. The molecular formula is C19H17ClNO-. The third-order valence-electron chi connectivity index (χ3n) is 3.69. The fourth-order valence-corrected chi connectivity index (χ4v) is 2.60. The van der Waals surface area contributed by atoms with Crippen LogP contribution < -0.4 is 12.4 Å². The Kier molecular flexibility index (Phi) is 5.31. The van der Waals surface area contributed by atoms with E-state index < -0.39 is 5.60 Å². The van der Waals surface area contributed by atoms with Crippen molar-refractivity contribution < 1.29 is 17.5 Å². The highest BCUT2D eigenvalue weighted by molar-refractivity contribution is 5.38. The van der Waals surface area contributed by atoms with Gasteiger partial charge in [0.25, 0.3) is 0 Å². The molecule has 1 N–H and O–H groups in total. The highest BCUT2D eigenvalue weighted by atomic mass is 35.5. The van der Waals surface area contributed by atoms with Gasteiger partial charge in [0, 0.05) is 18.8 Å². The minimum absolute atomic E-state index is 0. The van der Waals surface area contributed by atoms with Crippen LogP contribution in [-0.4, -0.2) is 10.1 Å². The van der Waals surface area contributed by atoms with Gasteiger partial charge in [0.2, 0.25) is 0 Å². The van der Waals surface area contributed by atoms with Crippen LogP contribution in [0.1, 0.15) is 16.7 Å². The maximum atomic E-state index is 11.4. The van der Waals surface area contributed by atoms with E-state index in [1.165, 1.54) is 0 Å². The van der Waals surface area contributed by atoms with E-state index in [0.29, 0.717) is 6.42 Å². The number of aliphatic hydroxyl groups is 1. The Labute approximate surface area is 136 Å². The SMILES string of the molecule is OC(Cc1cccnc1)(c1ccccc1)c1ccccc1.[Cl-]. The quantitative estimate of drug-likeness (QED) is 0.764. The second-order valence-electron chi connectivity index (χ2n) is 5.13. The van der Waals surface area contributed by atoms with Gasteiger partial charge in [-0.05, 0) is 22.8 Å². The first-order valence-corrected chi connectivity index (χ1v) is 7.01. The number of hydrogen-bond donors (Lipinski definition) is 1. The highest BCUT2D eigenvalue weighted by Crippen LogP contribution is 2.32. The summed E-state index contributed by atoms with van der Waals surface area (Å²) < 4.78 is 0. The Hall–Kier alpha value is -2.16. The second kappa shape index (κ2) is 7.21. The van der Waals surface area contributed by atoms with E-state index in [1.54, 1.807) is 12.4 Å². The molecule has 3 rings (SSSR count). The minimum atomic E-state index is -1.05. The van der Waals surface area contributed by atoms with Crippen LogP contribution in [0, 0.1) is 0 Å². The summed E-state index contributed by atoms with van der Waals surface area (Å²) in [7, 11) is 0. The van der Waals surface area contributed by atoms with Crippen LogP contribution in [0.5, 0.6) is 0 Å². The van der Waals surface area contributed by atoms with Gasteiger partial charge in [-0.2, -0.15) is 0 Å². The summed E-state index contributed by atoms with van der Waals surface area (Å²) in [5.41, 5.74) is 1.73. The number of pyridine rings is 1. The van der Waals surface area contributed by atoms with Gasteiger partial charge in [-0.25, -0.2) is 0 Å². The van der Waals surface area contributed by atoms with Crippen molar-refractivity contribution in [2.75, 3.05) is 0 Å². The van der Waals surface area contributed by atoms with Gasteiger partial charge in [-0.3, -0.25) is 4.98 Å². The van der Waals surface area contributed by atoms with Crippen molar-refractivity contribution in [2.24, 2.45) is 0 Å². The molecule has 0 saturated heterocycles. The lowest BCUT2D eigenvalue weighted by Gasteiger charge is -2.29. The largest absolute Gasteiger partial charge is 1.00 e. The van der Waals surface area contributed by atoms with E-state index in [2.05, 4.69) is 4.98 Å². The van der Waals surface area contributed by atoms with Crippen molar-refractivity contribution in [3.8, 4) is 0 Å². The lowest BCUT2D eigenvalue weighted by molar-refractivity contribution is -0.00000879. The first-order chi connectivity index (χ1) is 10.3. The third kappa shape index (κ3) is 3.35. The van der Waals surface area contributed by atoms with Crippen molar-refractivity contribution in [1.82, 2.24) is 4.98 Å². The molecule has 112 valence electrons. The first kappa shape index (κ1) is 16.2. The Morgan fingerprint density at radius 1 is 0.773 bits per heavy atom. The smallest absolute Gasteiger partial charge is 0.119 e. The molecule has 0 spiro atoms. The Morgan fingerprint density at radius 2 is 1.32 bits per heavy atom. The van der Waals surface area contributed by atoms with E-state index in [4.69, 9.17) is 0 Å². The molecule has 0 aliphatic heterocycles. The van der Waals surface area contributed by atoms with Gasteiger partial charge in [0.05, 0.1) is 0 Å². The van der Waals surface area contributed by atoms with Crippen molar-refractivity contribution in [2.45, 2.75) is 12.0 Å². The zero-order valence-electron chi connectivity index (χ0n) is 12.1. The maximum absolute atomic E-state index is 11.4. The Balaban J connectivity index is 0.00000176. The van der Waals surface area contributed by atoms with Gasteiger partial charge in [0.1, 0.15) is 5.60 Å². The number of rotatable bonds is 4. The van der Waals surface area contributed by atoms with E-state index >= 15 is 0 Å². The molecule has 0 saturated carbocycles. The lowest BCUT2D eigenvalue weighted by atomic mass is 9.82. The number of hydrogen-bond acceptors (Lipinski definition) is 2. The monoisotopic (exact) mass is 310 g/mol. The molecule has 22 heavy (non-hydrogen) atoms. The van der Waals surface area contributed by atoms with Crippen LogP contribution in [0.15, 0.2) is 85.2 Å². The van der Waals surface area contributed by atoms with Gasteiger partial charge in [-0.15, -0.1) is 0 Å². The topological polar surface area (TPSA) is 33.1 Å². The molecule has 0 fully saturated rings. The predicted octanol–water partition coefficient (Wildman–Crippen LogP) is 0.564. The van der Waals surface area contributed by atoms with Crippen LogP contribution in [-0.2, 0) is 12.0 Å². The number of benzene rings is 2. The zero-order chi connectivity index (χ0) is 14.5. The Morgan fingerprint density at radius 3 is 1.77 bits per heavy atom. The normalized spacial score (nSPS) is 10.8. The second-order valence-corrected chi connectivity index (χ2v) is 5.13. The van der Waals surface area contributed by atoms with Gasteiger partial charge in [0.15, 0.2) is 0 Å². The standard InChI is InChI=1S/C19H17NO.ClH/c21-19(17-9-3-1-4-10-17,18-11-5-2-6-12-18)14-16-8-7-13-20-15-16;/h1-13,15,21H,14H2;1H/p-1. The molecule has 0 aliphatic carbocycles. The average Bonchev–Trinajstić information content (AvgIpc) is 2.57. The molecule has 3 aromatic rings. The molecule has 0 bridgehead atoms. The van der Waals surface area contributed by atoms with Crippen molar-refractivity contribution in [1.29, 1.82) is 0 Å². The van der Waals surface area contributed by atoms with Gasteiger partial charge < -0.3 is 17.5 Å². The van der Waals surface area contributed by atoms with Gasteiger partial charge in [-0.1, -0.05) is 66.7 Å². The first-order valence-electron chi connectivity index (χ1n) is 7.01. The summed E-state index contributed by atoms with van der Waals surface area (Å²) in [5, 5.41) is 11.4. The molecular weight excluding hydrogens is 294 g/mol. The van der Waals surface area contributed by atoms with Crippen molar-refractivity contribution in [3.63, 3.8) is 0 Å². The van der Waals surface area contributed by atoms with E-state index in [9.17, 15) is 5.11 Å². The maximum Gasteiger partial charge on any atom is 0.119 e. The fourth-order valence-electron chi connectivity index (χ4n) is 2.60. The average molecular weight is 311 g/mol. The van der Waals surface area contributed by atoms with Gasteiger partial charge >= 0.3 is 0 Å². The summed E-state index contributed by atoms with van der Waals surface area (Å²) in [5.74, 6) is 0. The van der Waals surface area contributed by atoms with Crippen molar-refractivity contribution in [3.05, 3.63) is 102 Å². The minimum Gasteiger partial charge on any atom is -1.00 e. The molecule has 1 aromatic heterocycles. The van der Waals surface area contributed by atoms with Crippen LogP contribution in [0.4, 0.5) is 0 Å². The zero-order valence-corrected chi connectivity index (χ0v) is 12.8.